The molecule has 1 aromatic rings. The van der Waals surface area contributed by atoms with Crippen LogP contribution in [-0.2, 0) is 9.53 Å². The van der Waals surface area contributed by atoms with Crippen LogP contribution in [0.2, 0.25) is 0 Å². The van der Waals surface area contributed by atoms with Crippen LogP contribution in [0.15, 0.2) is 12.3 Å². The van der Waals surface area contributed by atoms with Crippen molar-refractivity contribution in [2.24, 2.45) is 0 Å². The molecule has 0 aliphatic carbocycles. The van der Waals surface area contributed by atoms with Crippen LogP contribution in [0.4, 0.5) is 5.69 Å². The summed E-state index contributed by atoms with van der Waals surface area (Å²) < 4.78 is 9.77. The summed E-state index contributed by atoms with van der Waals surface area (Å²) in [5.74, 6) is 5.50. The van der Waals surface area contributed by atoms with Crippen LogP contribution in [0.1, 0.15) is 18.9 Å². The number of carbonyl (C=O) groups is 1. The Morgan fingerprint density at radius 3 is 3.00 bits per heavy atom. The Morgan fingerprint density at radius 2 is 2.35 bits per heavy atom. The number of ether oxygens (including phenoxy) is 2. The average Bonchev–Trinajstić information content (AvgIpc) is 2.30. The van der Waals surface area contributed by atoms with Crippen LogP contribution >= 0.6 is 0 Å². The second kappa shape index (κ2) is 6.38. The predicted molar refractivity (Wildman–Crippen MR) is 63.3 cm³/mol. The second-order valence-electron chi connectivity index (χ2n) is 3.11. The minimum Gasteiger partial charge on any atom is -0.480 e. The number of nitrogens with zero attached hydrogens (tertiary/aromatic N) is 1. The maximum Gasteiger partial charge on any atom is 0.317 e. The zero-order valence-electron chi connectivity index (χ0n) is 9.82. The van der Waals surface area contributed by atoms with Crippen LogP contribution in [0, 0.1) is 11.8 Å². The Labute approximate surface area is 99.9 Å². The number of anilines is 1. The Morgan fingerprint density at radius 1 is 1.59 bits per heavy atom. The van der Waals surface area contributed by atoms with Gasteiger partial charge in [-0.1, -0.05) is 11.8 Å². The zero-order chi connectivity index (χ0) is 12.7. The van der Waals surface area contributed by atoms with Gasteiger partial charge in [0.15, 0.2) is 0 Å². The number of methoxy groups -OCH3 is 1. The molecular formula is C12H14N2O3. The topological polar surface area (TPSA) is 74.4 Å². The molecule has 0 aliphatic heterocycles. The van der Waals surface area contributed by atoms with Crippen LogP contribution in [0.3, 0.4) is 0 Å². The van der Waals surface area contributed by atoms with Gasteiger partial charge in [-0.05, 0) is 13.0 Å². The summed E-state index contributed by atoms with van der Waals surface area (Å²) in [6, 6.07) is 1.64. The van der Waals surface area contributed by atoms with E-state index in [1.54, 1.807) is 13.0 Å². The number of nitrogen functional groups attached to an aromatic ring is 1. The summed E-state index contributed by atoms with van der Waals surface area (Å²) in [6.45, 7) is 2.10. The molecule has 5 nitrogen and oxygen atoms in total. The predicted octanol–water partition coefficient (Wildman–Crippen LogP) is 0.977. The summed E-state index contributed by atoms with van der Waals surface area (Å²) in [5, 5.41) is 0. The SMILES string of the molecule is CCOC(=O)CC#Cc1cc(N)cnc1OC. The lowest BCUT2D eigenvalue weighted by molar-refractivity contribution is -0.141. The average molecular weight is 234 g/mol. The van der Waals surface area contributed by atoms with Crippen molar-refractivity contribution in [3.05, 3.63) is 17.8 Å². The van der Waals surface area contributed by atoms with Crippen molar-refractivity contribution in [2.45, 2.75) is 13.3 Å². The normalized spacial score (nSPS) is 9.06. The van der Waals surface area contributed by atoms with Gasteiger partial charge in [0.25, 0.3) is 0 Å². The van der Waals surface area contributed by atoms with Gasteiger partial charge in [-0.25, -0.2) is 4.98 Å². The number of pyridine rings is 1. The van der Waals surface area contributed by atoms with E-state index in [1.807, 2.05) is 0 Å². The van der Waals surface area contributed by atoms with E-state index in [0.717, 1.165) is 0 Å². The molecule has 0 saturated heterocycles. The fraction of sp³-hybridized carbons (Fsp3) is 0.333. The smallest absolute Gasteiger partial charge is 0.317 e. The largest absolute Gasteiger partial charge is 0.480 e. The van der Waals surface area contributed by atoms with Gasteiger partial charge in [0.05, 0.1) is 31.2 Å². The number of nitrogens with two attached hydrogens (primary N) is 1. The third-order valence-electron chi connectivity index (χ3n) is 1.83. The molecule has 5 heteroatoms. The van der Waals surface area contributed by atoms with Gasteiger partial charge < -0.3 is 15.2 Å². The Hall–Kier alpha value is -2.22. The van der Waals surface area contributed by atoms with Crippen LogP contribution in [-0.4, -0.2) is 24.7 Å². The quantitative estimate of drug-likeness (QED) is 0.623. The van der Waals surface area contributed by atoms with Crippen molar-refractivity contribution < 1.29 is 14.3 Å². The van der Waals surface area contributed by atoms with Gasteiger partial charge in [0.2, 0.25) is 5.88 Å². The number of rotatable bonds is 3. The van der Waals surface area contributed by atoms with Gasteiger partial charge in [-0.2, -0.15) is 0 Å². The van der Waals surface area contributed by atoms with Crippen LogP contribution < -0.4 is 10.5 Å². The maximum absolute atomic E-state index is 11.1. The molecule has 17 heavy (non-hydrogen) atoms. The van der Waals surface area contributed by atoms with Crippen LogP contribution in [0.25, 0.3) is 0 Å². The molecule has 0 spiro atoms. The summed E-state index contributed by atoms with van der Waals surface area (Å²) in [4.78, 5) is 15.0. The van der Waals surface area contributed by atoms with E-state index >= 15 is 0 Å². The lowest BCUT2D eigenvalue weighted by Crippen LogP contribution is -2.01. The van der Waals surface area contributed by atoms with E-state index in [2.05, 4.69) is 16.8 Å². The lowest BCUT2D eigenvalue weighted by Gasteiger charge is -2.01. The third-order valence-corrected chi connectivity index (χ3v) is 1.83. The fourth-order valence-corrected chi connectivity index (χ4v) is 1.14. The monoisotopic (exact) mass is 234 g/mol. The van der Waals surface area contributed by atoms with Crippen LogP contribution in [0.5, 0.6) is 5.88 Å². The number of hydrogen-bond acceptors (Lipinski definition) is 5. The van der Waals surface area contributed by atoms with E-state index in [9.17, 15) is 4.79 Å². The molecule has 0 unspecified atom stereocenters. The molecule has 0 aliphatic rings. The highest BCUT2D eigenvalue weighted by atomic mass is 16.5. The van der Waals surface area contributed by atoms with Gasteiger partial charge in [0.1, 0.15) is 6.42 Å². The van der Waals surface area contributed by atoms with Crippen molar-refractivity contribution in [3.8, 4) is 17.7 Å². The Bertz CT molecular complexity index is 461. The highest BCUT2D eigenvalue weighted by Gasteiger charge is 2.02. The number of carbonyl (C=O) groups excluding carboxylic acids is 1. The molecule has 90 valence electrons. The molecule has 0 atom stereocenters. The first-order valence-corrected chi connectivity index (χ1v) is 5.11. The number of esters is 1. The molecule has 0 bridgehead atoms. The van der Waals surface area contributed by atoms with Crippen molar-refractivity contribution in [2.75, 3.05) is 19.5 Å². The molecular weight excluding hydrogens is 220 g/mol. The molecule has 0 fully saturated rings. The van der Waals surface area contributed by atoms with E-state index in [4.69, 9.17) is 15.2 Å². The van der Waals surface area contributed by atoms with Gasteiger partial charge in [0, 0.05) is 0 Å². The van der Waals surface area contributed by atoms with E-state index in [1.165, 1.54) is 13.3 Å². The molecule has 0 saturated carbocycles. The standard InChI is InChI=1S/C12H14N2O3/c1-3-17-11(15)6-4-5-9-7-10(13)8-14-12(9)16-2/h7-8H,3,6,13H2,1-2H3. The first kappa shape index (κ1) is 12.8. The maximum atomic E-state index is 11.1. The summed E-state index contributed by atoms with van der Waals surface area (Å²) >= 11 is 0. The fourth-order valence-electron chi connectivity index (χ4n) is 1.14. The van der Waals surface area contributed by atoms with Gasteiger partial charge in [-0.3, -0.25) is 4.79 Å². The lowest BCUT2D eigenvalue weighted by atomic mass is 10.2. The third kappa shape index (κ3) is 4.03. The van der Waals surface area contributed by atoms with Crippen molar-refractivity contribution in [1.82, 2.24) is 4.98 Å². The summed E-state index contributed by atoms with van der Waals surface area (Å²) in [5.41, 5.74) is 6.63. The number of hydrogen-bond donors (Lipinski definition) is 1. The molecule has 0 radical (unpaired) electrons. The minimum atomic E-state index is -0.351. The zero-order valence-corrected chi connectivity index (χ0v) is 9.82. The van der Waals surface area contributed by atoms with Gasteiger partial charge >= 0.3 is 5.97 Å². The highest BCUT2D eigenvalue weighted by molar-refractivity contribution is 5.72. The summed E-state index contributed by atoms with van der Waals surface area (Å²) in [6.07, 6.45) is 1.52. The first-order valence-electron chi connectivity index (χ1n) is 5.11. The molecule has 1 aromatic heterocycles. The van der Waals surface area contributed by atoms with E-state index < -0.39 is 0 Å². The molecule has 0 aromatic carbocycles. The summed E-state index contributed by atoms with van der Waals surface area (Å²) in [7, 11) is 1.50. The van der Waals surface area contributed by atoms with Crippen molar-refractivity contribution >= 4 is 11.7 Å². The molecule has 2 N–H and O–H groups in total. The van der Waals surface area contributed by atoms with Gasteiger partial charge in [-0.15, -0.1) is 0 Å². The van der Waals surface area contributed by atoms with Crippen molar-refractivity contribution in [1.29, 1.82) is 0 Å². The van der Waals surface area contributed by atoms with Crippen molar-refractivity contribution in [3.63, 3.8) is 0 Å². The second-order valence-corrected chi connectivity index (χ2v) is 3.11. The van der Waals surface area contributed by atoms with E-state index in [-0.39, 0.29) is 12.4 Å². The molecule has 0 amide bonds. The minimum absolute atomic E-state index is 0.0335. The Kier molecular flexibility index (Phi) is 4.82. The van der Waals surface area contributed by atoms with E-state index in [0.29, 0.717) is 23.7 Å². The highest BCUT2D eigenvalue weighted by Crippen LogP contribution is 2.15. The number of aromatic nitrogens is 1. The molecule has 1 rings (SSSR count). The molecule has 1 heterocycles. The first-order chi connectivity index (χ1) is 8.17. The Balaban J connectivity index is 2.77.